The Labute approximate surface area is 174 Å². The maximum absolute atomic E-state index is 11.5. The molecule has 0 fully saturated rings. The average molecular weight is 398 g/mol. The molecule has 0 bridgehead atoms. The lowest BCUT2D eigenvalue weighted by atomic mass is 10.1. The summed E-state index contributed by atoms with van der Waals surface area (Å²) in [7, 11) is 0. The number of rotatable bonds is 5. The van der Waals surface area contributed by atoms with Gasteiger partial charge in [0.05, 0.1) is 5.69 Å². The van der Waals surface area contributed by atoms with Crippen molar-refractivity contribution in [1.29, 1.82) is 0 Å². The number of aryl methyl sites for hydroxylation is 1. The van der Waals surface area contributed by atoms with Gasteiger partial charge in [-0.25, -0.2) is 0 Å². The van der Waals surface area contributed by atoms with Gasteiger partial charge in [-0.1, -0.05) is 18.7 Å². The number of fused-ring (bicyclic) bond motifs is 1. The molecule has 0 aliphatic carbocycles. The molecule has 3 aromatic carbocycles. The number of amides is 1. The van der Waals surface area contributed by atoms with E-state index in [0.29, 0.717) is 12.2 Å². The van der Waals surface area contributed by atoms with Crippen molar-refractivity contribution in [2.45, 2.75) is 13.5 Å². The van der Waals surface area contributed by atoms with Crippen molar-refractivity contribution in [2.75, 3.05) is 5.32 Å². The fourth-order valence-electron chi connectivity index (χ4n) is 3.74. The molecule has 5 nitrogen and oxygen atoms in total. The van der Waals surface area contributed by atoms with Crippen LogP contribution in [0.4, 0.5) is 5.69 Å². The smallest absolute Gasteiger partial charge is 0.247 e. The molecule has 0 aliphatic heterocycles. The van der Waals surface area contributed by atoms with Crippen molar-refractivity contribution in [2.24, 2.45) is 0 Å². The summed E-state index contributed by atoms with van der Waals surface area (Å²) in [6.07, 6.45) is 1.24. The van der Waals surface area contributed by atoms with Crippen molar-refractivity contribution in [1.82, 2.24) is 4.57 Å². The molecule has 0 radical (unpaired) electrons. The van der Waals surface area contributed by atoms with Crippen LogP contribution in [-0.2, 0) is 11.3 Å². The molecule has 0 spiro atoms. The van der Waals surface area contributed by atoms with E-state index in [4.69, 9.17) is 0 Å². The zero-order valence-electron chi connectivity index (χ0n) is 16.6. The second-order valence-electron chi connectivity index (χ2n) is 7.20. The number of benzene rings is 3. The molecule has 1 amide bonds. The molecule has 0 saturated heterocycles. The van der Waals surface area contributed by atoms with Gasteiger partial charge in [0.1, 0.15) is 11.5 Å². The monoisotopic (exact) mass is 398 g/mol. The maximum atomic E-state index is 11.5. The predicted molar refractivity (Wildman–Crippen MR) is 120 cm³/mol. The molecule has 4 aromatic rings. The molecule has 1 heterocycles. The zero-order chi connectivity index (χ0) is 21.3. The first kappa shape index (κ1) is 19.3. The maximum Gasteiger partial charge on any atom is 0.247 e. The quantitative estimate of drug-likeness (QED) is 0.405. The first-order valence-electron chi connectivity index (χ1n) is 9.60. The van der Waals surface area contributed by atoms with Gasteiger partial charge in [-0.2, -0.15) is 0 Å². The Bertz CT molecular complexity index is 1240. The fraction of sp³-hybridized carbons (Fsp3) is 0.0800. The molecule has 0 aliphatic rings. The number of hydrogen-bond acceptors (Lipinski definition) is 3. The Morgan fingerprint density at radius 1 is 1.00 bits per heavy atom. The highest BCUT2D eigenvalue weighted by Gasteiger charge is 2.17. The van der Waals surface area contributed by atoms with Gasteiger partial charge in [-0.3, -0.25) is 4.79 Å². The van der Waals surface area contributed by atoms with Crippen LogP contribution >= 0.6 is 0 Å². The van der Waals surface area contributed by atoms with Crippen LogP contribution in [-0.4, -0.2) is 20.7 Å². The number of phenols is 2. The zero-order valence-corrected chi connectivity index (χ0v) is 16.6. The van der Waals surface area contributed by atoms with Crippen LogP contribution in [0.15, 0.2) is 79.4 Å². The minimum atomic E-state index is -0.246. The van der Waals surface area contributed by atoms with E-state index in [9.17, 15) is 15.0 Å². The van der Waals surface area contributed by atoms with E-state index in [-0.39, 0.29) is 17.4 Å². The number of carbonyl (C=O) groups is 1. The van der Waals surface area contributed by atoms with Gasteiger partial charge < -0.3 is 20.1 Å². The minimum Gasteiger partial charge on any atom is -0.508 e. The van der Waals surface area contributed by atoms with Crippen LogP contribution < -0.4 is 5.32 Å². The summed E-state index contributed by atoms with van der Waals surface area (Å²) in [5, 5.41) is 23.4. The number of nitrogens with one attached hydrogen (secondary N) is 1. The third-order valence-corrected chi connectivity index (χ3v) is 5.19. The summed E-state index contributed by atoms with van der Waals surface area (Å²) in [5.41, 5.74) is 5.85. The van der Waals surface area contributed by atoms with E-state index in [1.165, 1.54) is 6.08 Å². The molecular formula is C25H22N2O3. The number of phenolic OH excluding ortho intramolecular Hbond substituents is 2. The van der Waals surface area contributed by atoms with Gasteiger partial charge >= 0.3 is 0 Å². The minimum absolute atomic E-state index is 0.217. The number of aromatic hydroxyl groups is 2. The summed E-state index contributed by atoms with van der Waals surface area (Å²) in [4.78, 5) is 11.5. The number of nitrogens with zero attached hydrogens (tertiary/aromatic N) is 1. The highest BCUT2D eigenvalue weighted by Crippen LogP contribution is 2.36. The SMILES string of the molecule is C=CC(=O)Nc1ccc(Cn2c(-c3ccc(O)cc3)c(C)c3cc(O)ccc32)cc1. The molecule has 1 aromatic heterocycles. The number of aromatic nitrogens is 1. The van der Waals surface area contributed by atoms with Crippen LogP contribution in [0.2, 0.25) is 0 Å². The van der Waals surface area contributed by atoms with Crippen molar-refractivity contribution in [3.05, 3.63) is 90.5 Å². The third kappa shape index (κ3) is 3.65. The van der Waals surface area contributed by atoms with Crippen LogP contribution in [0.3, 0.4) is 0 Å². The first-order chi connectivity index (χ1) is 14.5. The van der Waals surface area contributed by atoms with Crippen LogP contribution in [0.5, 0.6) is 11.5 Å². The van der Waals surface area contributed by atoms with E-state index in [2.05, 4.69) is 16.5 Å². The van der Waals surface area contributed by atoms with E-state index < -0.39 is 0 Å². The molecule has 0 atom stereocenters. The molecule has 30 heavy (non-hydrogen) atoms. The normalized spacial score (nSPS) is 10.8. The number of hydrogen-bond donors (Lipinski definition) is 3. The second kappa shape index (κ2) is 7.79. The standard InChI is InChI=1S/C25H22N2O3/c1-3-24(30)26-19-8-4-17(5-9-19)15-27-23-13-12-21(29)14-22(23)16(2)25(27)18-6-10-20(28)11-7-18/h3-14,28-29H,1,15H2,2H3,(H,26,30). The van der Waals surface area contributed by atoms with Crippen LogP contribution in [0.25, 0.3) is 22.2 Å². The van der Waals surface area contributed by atoms with Gasteiger partial charge in [-0.05, 0) is 84.3 Å². The summed E-state index contributed by atoms with van der Waals surface area (Å²) < 4.78 is 2.20. The lowest BCUT2D eigenvalue weighted by molar-refractivity contribution is -0.111. The summed E-state index contributed by atoms with van der Waals surface area (Å²) in [6, 6.07) is 20.2. The van der Waals surface area contributed by atoms with Crippen molar-refractivity contribution >= 4 is 22.5 Å². The Morgan fingerprint density at radius 3 is 2.33 bits per heavy atom. The average Bonchev–Trinajstić information content (AvgIpc) is 3.01. The van der Waals surface area contributed by atoms with Gasteiger partial charge in [0.2, 0.25) is 5.91 Å². The second-order valence-corrected chi connectivity index (χ2v) is 7.20. The topological polar surface area (TPSA) is 74.5 Å². The highest BCUT2D eigenvalue weighted by molar-refractivity contribution is 5.98. The first-order valence-corrected chi connectivity index (χ1v) is 9.60. The van der Waals surface area contributed by atoms with E-state index in [1.807, 2.05) is 49.4 Å². The van der Waals surface area contributed by atoms with Gasteiger partial charge in [0, 0.05) is 23.1 Å². The largest absolute Gasteiger partial charge is 0.508 e. The molecule has 0 unspecified atom stereocenters. The lowest BCUT2D eigenvalue weighted by Gasteiger charge is -2.13. The highest BCUT2D eigenvalue weighted by atomic mass is 16.3. The van der Waals surface area contributed by atoms with Crippen LogP contribution in [0, 0.1) is 6.92 Å². The van der Waals surface area contributed by atoms with E-state index in [0.717, 1.165) is 33.3 Å². The Hall–Kier alpha value is -3.99. The van der Waals surface area contributed by atoms with E-state index in [1.54, 1.807) is 24.3 Å². The fourth-order valence-corrected chi connectivity index (χ4v) is 3.74. The van der Waals surface area contributed by atoms with Crippen molar-refractivity contribution in [3.63, 3.8) is 0 Å². The van der Waals surface area contributed by atoms with Crippen molar-refractivity contribution in [3.8, 4) is 22.8 Å². The van der Waals surface area contributed by atoms with Gasteiger partial charge in [0.25, 0.3) is 0 Å². The Balaban J connectivity index is 1.79. The van der Waals surface area contributed by atoms with Crippen molar-refractivity contribution < 1.29 is 15.0 Å². The van der Waals surface area contributed by atoms with Gasteiger partial charge in [-0.15, -0.1) is 0 Å². The summed E-state index contributed by atoms with van der Waals surface area (Å²) in [5.74, 6) is 0.195. The molecule has 3 N–H and O–H groups in total. The molecule has 150 valence electrons. The molecule has 0 saturated carbocycles. The summed E-state index contributed by atoms with van der Waals surface area (Å²) >= 11 is 0. The molecule has 5 heteroatoms. The summed E-state index contributed by atoms with van der Waals surface area (Å²) in [6.45, 7) is 6.11. The Kier molecular flexibility index (Phi) is 5.02. The molecule has 4 rings (SSSR count). The van der Waals surface area contributed by atoms with Gasteiger partial charge in [0.15, 0.2) is 0 Å². The third-order valence-electron chi connectivity index (χ3n) is 5.19. The number of carbonyl (C=O) groups excluding carboxylic acids is 1. The number of anilines is 1. The predicted octanol–water partition coefficient (Wildman–Crippen LogP) is 5.20. The Morgan fingerprint density at radius 2 is 1.67 bits per heavy atom. The van der Waals surface area contributed by atoms with E-state index >= 15 is 0 Å². The van der Waals surface area contributed by atoms with Crippen LogP contribution in [0.1, 0.15) is 11.1 Å². The lowest BCUT2D eigenvalue weighted by Crippen LogP contribution is -2.07. The molecular weight excluding hydrogens is 376 g/mol.